The number of likely N-dealkylation sites (N-methyl/N-ethyl adjacent to an activating group) is 1. The van der Waals surface area contributed by atoms with Crippen LogP contribution in [0.4, 0.5) is 5.69 Å². The number of hydrogen-bond donors (Lipinski definition) is 2. The third-order valence-corrected chi connectivity index (χ3v) is 5.61. The second-order valence-corrected chi connectivity index (χ2v) is 8.64. The minimum atomic E-state index is -3.96. The van der Waals surface area contributed by atoms with E-state index in [1.807, 2.05) is 0 Å². The van der Waals surface area contributed by atoms with E-state index in [0.29, 0.717) is 0 Å². The van der Waals surface area contributed by atoms with Crippen molar-refractivity contribution in [2.75, 3.05) is 25.6 Å². The quantitative estimate of drug-likeness (QED) is 0.717. The van der Waals surface area contributed by atoms with Gasteiger partial charge in [0.15, 0.2) is 9.84 Å². The normalized spacial score (nSPS) is 14.4. The van der Waals surface area contributed by atoms with Crippen LogP contribution in [-0.2, 0) is 19.9 Å². The summed E-state index contributed by atoms with van der Waals surface area (Å²) in [6.07, 6.45) is 0.128. The first-order valence-corrected chi connectivity index (χ1v) is 9.03. The summed E-state index contributed by atoms with van der Waals surface area (Å²) >= 11 is 0. The van der Waals surface area contributed by atoms with Gasteiger partial charge in [0.25, 0.3) is 0 Å². The number of nitrogens with zero attached hydrogens (tertiary/aromatic N) is 1. The molecule has 9 heteroatoms. The number of sulfone groups is 1. The van der Waals surface area contributed by atoms with Crippen molar-refractivity contribution in [1.82, 2.24) is 4.31 Å². The molecule has 0 bridgehead atoms. The summed E-state index contributed by atoms with van der Waals surface area (Å²) in [6.45, 7) is 1.33. The molecule has 0 saturated heterocycles. The number of aliphatic hydroxyl groups excluding tert-OH is 1. The van der Waals surface area contributed by atoms with Crippen molar-refractivity contribution in [2.45, 2.75) is 22.8 Å². The molecule has 0 amide bonds. The van der Waals surface area contributed by atoms with E-state index >= 15 is 0 Å². The Bertz CT molecular complexity index is 696. The Labute approximate surface area is 119 Å². The standard InChI is InChI=1S/C11H18N2O5S2/c1-8(14)7-13(2)20(17,18)11-6-9(19(3,15)16)4-5-10(11)12/h4-6,8,14H,7,12H2,1-3H3. The van der Waals surface area contributed by atoms with Crippen molar-refractivity contribution >= 4 is 25.5 Å². The maximum absolute atomic E-state index is 12.3. The number of aliphatic hydroxyl groups is 1. The van der Waals surface area contributed by atoms with Crippen LogP contribution in [0, 0.1) is 0 Å². The van der Waals surface area contributed by atoms with Crippen molar-refractivity contribution in [3.8, 4) is 0 Å². The summed E-state index contributed by atoms with van der Waals surface area (Å²) in [5.74, 6) is 0. The first-order chi connectivity index (χ1) is 8.96. The highest BCUT2D eigenvalue weighted by molar-refractivity contribution is 7.91. The van der Waals surface area contributed by atoms with Crippen LogP contribution < -0.4 is 5.73 Å². The van der Waals surface area contributed by atoms with Gasteiger partial charge in [0.1, 0.15) is 4.90 Å². The van der Waals surface area contributed by atoms with E-state index in [2.05, 4.69) is 0 Å². The first-order valence-electron chi connectivity index (χ1n) is 5.70. The molecule has 0 fully saturated rings. The number of anilines is 1. The monoisotopic (exact) mass is 322 g/mol. The van der Waals surface area contributed by atoms with E-state index < -0.39 is 26.0 Å². The number of nitrogens with two attached hydrogens (primary N) is 1. The van der Waals surface area contributed by atoms with E-state index in [1.54, 1.807) is 0 Å². The highest BCUT2D eigenvalue weighted by Crippen LogP contribution is 2.25. The largest absolute Gasteiger partial charge is 0.398 e. The molecule has 3 N–H and O–H groups in total. The second kappa shape index (κ2) is 5.68. The fourth-order valence-electron chi connectivity index (χ4n) is 1.61. The van der Waals surface area contributed by atoms with E-state index in [4.69, 9.17) is 5.73 Å². The van der Waals surface area contributed by atoms with E-state index in [9.17, 15) is 21.9 Å². The lowest BCUT2D eigenvalue weighted by Crippen LogP contribution is -2.33. The van der Waals surface area contributed by atoms with Crippen molar-refractivity contribution in [2.24, 2.45) is 0 Å². The molecule has 1 rings (SSSR count). The van der Waals surface area contributed by atoms with Gasteiger partial charge in [-0.1, -0.05) is 0 Å². The molecule has 0 aliphatic carbocycles. The number of benzene rings is 1. The van der Waals surface area contributed by atoms with Gasteiger partial charge in [0.05, 0.1) is 16.7 Å². The van der Waals surface area contributed by atoms with Gasteiger partial charge in [-0.05, 0) is 25.1 Å². The van der Waals surface area contributed by atoms with Gasteiger partial charge in [-0.3, -0.25) is 0 Å². The third-order valence-electron chi connectivity index (χ3n) is 2.62. The Hall–Kier alpha value is -1.16. The molecule has 114 valence electrons. The summed E-state index contributed by atoms with van der Waals surface area (Å²) in [4.78, 5) is -0.417. The minimum absolute atomic E-state index is 0.0464. The summed E-state index contributed by atoms with van der Waals surface area (Å²) < 4.78 is 48.5. The molecule has 1 unspecified atom stereocenters. The summed E-state index contributed by atoms with van der Waals surface area (Å²) in [7, 11) is -6.22. The van der Waals surface area contributed by atoms with Crippen LogP contribution in [0.25, 0.3) is 0 Å². The topological polar surface area (TPSA) is 118 Å². The second-order valence-electron chi connectivity index (χ2n) is 4.61. The molecule has 0 spiro atoms. The molecule has 0 aromatic heterocycles. The van der Waals surface area contributed by atoms with Gasteiger partial charge >= 0.3 is 0 Å². The summed E-state index contributed by atoms with van der Waals surface area (Å²) in [5, 5.41) is 9.25. The first kappa shape index (κ1) is 16.9. The van der Waals surface area contributed by atoms with Crippen LogP contribution in [0.15, 0.2) is 28.0 Å². The molecule has 1 aromatic rings. The van der Waals surface area contributed by atoms with Gasteiger partial charge in [0.2, 0.25) is 10.0 Å². The predicted octanol–water partition coefficient (Wildman–Crippen LogP) is -0.326. The van der Waals surface area contributed by atoms with Gasteiger partial charge < -0.3 is 10.8 Å². The van der Waals surface area contributed by atoms with Crippen molar-refractivity contribution in [3.63, 3.8) is 0 Å². The number of nitrogen functional groups attached to an aromatic ring is 1. The lowest BCUT2D eigenvalue weighted by molar-refractivity contribution is 0.171. The van der Waals surface area contributed by atoms with Gasteiger partial charge in [-0.2, -0.15) is 4.31 Å². The zero-order chi connectivity index (χ0) is 15.7. The summed E-state index contributed by atoms with van der Waals surface area (Å²) in [6, 6.07) is 3.51. The maximum atomic E-state index is 12.3. The minimum Gasteiger partial charge on any atom is -0.398 e. The van der Waals surface area contributed by atoms with E-state index in [0.717, 1.165) is 16.6 Å². The highest BCUT2D eigenvalue weighted by atomic mass is 32.2. The molecule has 0 radical (unpaired) electrons. The number of hydrogen-bond acceptors (Lipinski definition) is 6. The van der Waals surface area contributed by atoms with Crippen LogP contribution >= 0.6 is 0 Å². The van der Waals surface area contributed by atoms with E-state index in [1.165, 1.54) is 26.1 Å². The zero-order valence-corrected chi connectivity index (χ0v) is 13.1. The third kappa shape index (κ3) is 3.69. The van der Waals surface area contributed by atoms with Crippen LogP contribution in [-0.4, -0.2) is 52.2 Å². The van der Waals surface area contributed by atoms with Crippen molar-refractivity contribution in [1.29, 1.82) is 0 Å². The summed E-state index contributed by atoms with van der Waals surface area (Å²) in [5.41, 5.74) is 5.58. The van der Waals surface area contributed by atoms with Crippen LogP contribution in [0.5, 0.6) is 0 Å². The van der Waals surface area contributed by atoms with Crippen LogP contribution in [0.3, 0.4) is 0 Å². The lowest BCUT2D eigenvalue weighted by Gasteiger charge is -2.20. The zero-order valence-electron chi connectivity index (χ0n) is 11.4. The Morgan fingerprint density at radius 1 is 1.30 bits per heavy atom. The molecule has 0 aliphatic rings. The smallest absolute Gasteiger partial charge is 0.244 e. The molecule has 1 atom stereocenters. The average molecular weight is 322 g/mol. The van der Waals surface area contributed by atoms with Gasteiger partial charge in [-0.25, -0.2) is 16.8 Å². The molecule has 0 aliphatic heterocycles. The lowest BCUT2D eigenvalue weighted by atomic mass is 10.3. The van der Waals surface area contributed by atoms with Gasteiger partial charge in [0, 0.05) is 19.8 Å². The SMILES string of the molecule is CC(O)CN(C)S(=O)(=O)c1cc(S(C)(=O)=O)ccc1N. The molecular weight excluding hydrogens is 304 g/mol. The van der Waals surface area contributed by atoms with Crippen LogP contribution in [0.1, 0.15) is 6.92 Å². The molecule has 7 nitrogen and oxygen atoms in total. The number of sulfonamides is 1. The predicted molar refractivity (Wildman–Crippen MR) is 75.5 cm³/mol. The Balaban J connectivity index is 3.38. The molecule has 0 heterocycles. The Kier molecular flexibility index (Phi) is 4.80. The Morgan fingerprint density at radius 3 is 2.30 bits per heavy atom. The Morgan fingerprint density at radius 2 is 1.85 bits per heavy atom. The van der Waals surface area contributed by atoms with Gasteiger partial charge in [-0.15, -0.1) is 0 Å². The molecule has 20 heavy (non-hydrogen) atoms. The average Bonchev–Trinajstić information content (AvgIpc) is 2.26. The molecule has 0 saturated carbocycles. The van der Waals surface area contributed by atoms with Crippen molar-refractivity contribution < 1.29 is 21.9 Å². The molecule has 1 aromatic carbocycles. The number of rotatable bonds is 5. The maximum Gasteiger partial charge on any atom is 0.244 e. The fourth-order valence-corrected chi connectivity index (χ4v) is 3.72. The van der Waals surface area contributed by atoms with Crippen molar-refractivity contribution in [3.05, 3.63) is 18.2 Å². The van der Waals surface area contributed by atoms with E-state index in [-0.39, 0.29) is 22.0 Å². The molecular formula is C11H18N2O5S2. The highest BCUT2D eigenvalue weighted by Gasteiger charge is 2.25. The van der Waals surface area contributed by atoms with Crippen LogP contribution in [0.2, 0.25) is 0 Å². The fraction of sp³-hybridized carbons (Fsp3) is 0.455.